The fourth-order valence-electron chi connectivity index (χ4n) is 1.74. The maximum atomic E-state index is 14.0. The molecule has 0 unspecified atom stereocenters. The van der Waals surface area contributed by atoms with Gasteiger partial charge < -0.3 is 5.73 Å². The number of primary amides is 1. The van der Waals surface area contributed by atoms with Crippen LogP contribution in [0.1, 0.15) is 29.8 Å². The van der Waals surface area contributed by atoms with Crippen LogP contribution < -0.4 is 5.73 Å². The van der Waals surface area contributed by atoms with Crippen molar-refractivity contribution in [2.75, 3.05) is 0 Å². The predicted octanol–water partition coefficient (Wildman–Crippen LogP) is 4.58. The monoisotopic (exact) mass is 293 g/mol. The van der Waals surface area contributed by atoms with E-state index in [2.05, 4.69) is 0 Å². The molecule has 0 atom stereocenters. The lowest BCUT2D eigenvalue weighted by Gasteiger charge is -2.09. The molecule has 0 saturated carbocycles. The van der Waals surface area contributed by atoms with Crippen molar-refractivity contribution in [2.45, 2.75) is 20.8 Å². The first-order chi connectivity index (χ1) is 9.50. The molecule has 2 aromatic rings. The normalized spacial score (nSPS) is 9.65. The number of rotatable bonds is 2. The Kier molecular flexibility index (Phi) is 5.71. The Hall–Kier alpha value is -1.87. The SMILES string of the molecule is CC.Cc1cccc(-c2cc(C(N)=O)ccc2Cl)c1F. The van der Waals surface area contributed by atoms with Gasteiger partial charge in [-0.25, -0.2) is 4.39 Å². The summed E-state index contributed by atoms with van der Waals surface area (Å²) in [6.07, 6.45) is 0. The molecule has 0 bridgehead atoms. The van der Waals surface area contributed by atoms with Gasteiger partial charge in [-0.1, -0.05) is 43.6 Å². The van der Waals surface area contributed by atoms with Gasteiger partial charge in [-0.3, -0.25) is 4.79 Å². The summed E-state index contributed by atoms with van der Waals surface area (Å²) in [5.41, 5.74) is 6.86. The van der Waals surface area contributed by atoms with Crippen LogP contribution in [-0.2, 0) is 0 Å². The van der Waals surface area contributed by atoms with Crippen molar-refractivity contribution < 1.29 is 9.18 Å². The number of carbonyl (C=O) groups excluding carboxylic acids is 1. The third kappa shape index (κ3) is 3.36. The van der Waals surface area contributed by atoms with E-state index in [0.29, 0.717) is 27.3 Å². The van der Waals surface area contributed by atoms with Crippen molar-refractivity contribution in [3.8, 4) is 11.1 Å². The molecule has 0 aliphatic carbocycles. The lowest BCUT2D eigenvalue weighted by Crippen LogP contribution is -2.10. The highest BCUT2D eigenvalue weighted by molar-refractivity contribution is 6.33. The van der Waals surface area contributed by atoms with Crippen LogP contribution in [0.25, 0.3) is 11.1 Å². The van der Waals surface area contributed by atoms with Crippen molar-refractivity contribution in [1.29, 1.82) is 0 Å². The van der Waals surface area contributed by atoms with Gasteiger partial charge in [0.05, 0.1) is 0 Å². The zero-order chi connectivity index (χ0) is 15.3. The minimum Gasteiger partial charge on any atom is -0.366 e. The van der Waals surface area contributed by atoms with Gasteiger partial charge in [0, 0.05) is 21.7 Å². The molecular formula is C16H17ClFNO. The van der Waals surface area contributed by atoms with Crippen molar-refractivity contribution in [2.24, 2.45) is 5.73 Å². The van der Waals surface area contributed by atoms with E-state index in [4.69, 9.17) is 17.3 Å². The summed E-state index contributed by atoms with van der Waals surface area (Å²) in [5.74, 6) is -0.915. The Balaban J connectivity index is 0.000000956. The van der Waals surface area contributed by atoms with Crippen molar-refractivity contribution >= 4 is 17.5 Å². The van der Waals surface area contributed by atoms with Crippen molar-refractivity contribution in [3.63, 3.8) is 0 Å². The average Bonchev–Trinajstić information content (AvgIpc) is 2.45. The largest absolute Gasteiger partial charge is 0.366 e. The standard InChI is InChI=1S/C14H11ClFNO.C2H6/c1-8-3-2-4-10(13(8)16)11-7-9(14(17)18)5-6-12(11)15;1-2/h2-7H,1H3,(H2,17,18);1-2H3. The van der Waals surface area contributed by atoms with Gasteiger partial charge in [-0.2, -0.15) is 0 Å². The Morgan fingerprint density at radius 1 is 1.15 bits per heavy atom. The van der Waals surface area contributed by atoms with Gasteiger partial charge in [-0.05, 0) is 30.7 Å². The molecule has 106 valence electrons. The third-order valence-corrected chi connectivity index (χ3v) is 3.06. The van der Waals surface area contributed by atoms with E-state index >= 15 is 0 Å². The highest BCUT2D eigenvalue weighted by atomic mass is 35.5. The summed E-state index contributed by atoms with van der Waals surface area (Å²) in [6.45, 7) is 5.67. The van der Waals surface area contributed by atoms with Gasteiger partial charge in [0.15, 0.2) is 0 Å². The maximum absolute atomic E-state index is 14.0. The van der Waals surface area contributed by atoms with Gasteiger partial charge in [-0.15, -0.1) is 0 Å². The van der Waals surface area contributed by atoms with Gasteiger partial charge in [0.1, 0.15) is 5.82 Å². The molecule has 2 aromatic carbocycles. The molecule has 20 heavy (non-hydrogen) atoms. The lowest BCUT2D eigenvalue weighted by molar-refractivity contribution is 0.100. The molecular weight excluding hydrogens is 277 g/mol. The quantitative estimate of drug-likeness (QED) is 0.865. The van der Waals surface area contributed by atoms with Crippen molar-refractivity contribution in [3.05, 3.63) is 58.4 Å². The molecule has 2 nitrogen and oxygen atoms in total. The molecule has 1 amide bonds. The molecule has 2 rings (SSSR count). The van der Waals surface area contributed by atoms with Crippen LogP contribution in [0.4, 0.5) is 4.39 Å². The molecule has 0 fully saturated rings. The minimum atomic E-state index is -0.569. The number of hydrogen-bond acceptors (Lipinski definition) is 1. The summed E-state index contributed by atoms with van der Waals surface area (Å²) >= 11 is 6.04. The van der Waals surface area contributed by atoms with E-state index in [-0.39, 0.29) is 5.82 Å². The van der Waals surface area contributed by atoms with Crippen LogP contribution in [0.5, 0.6) is 0 Å². The molecule has 0 radical (unpaired) electrons. The zero-order valence-electron chi connectivity index (χ0n) is 11.7. The van der Waals surface area contributed by atoms with Crippen molar-refractivity contribution in [1.82, 2.24) is 0 Å². The molecule has 0 aliphatic heterocycles. The molecule has 0 heterocycles. The second-order valence-electron chi connectivity index (χ2n) is 4.00. The molecule has 0 aromatic heterocycles. The number of carbonyl (C=O) groups is 1. The number of aryl methyl sites for hydroxylation is 1. The Morgan fingerprint density at radius 2 is 1.80 bits per heavy atom. The second kappa shape index (κ2) is 7.06. The molecule has 0 spiro atoms. The third-order valence-electron chi connectivity index (χ3n) is 2.73. The fraction of sp³-hybridized carbons (Fsp3) is 0.188. The fourth-order valence-corrected chi connectivity index (χ4v) is 1.96. The van der Waals surface area contributed by atoms with Crippen LogP contribution in [0.3, 0.4) is 0 Å². The summed E-state index contributed by atoms with van der Waals surface area (Å²) in [7, 11) is 0. The van der Waals surface area contributed by atoms with E-state index in [1.54, 1.807) is 31.2 Å². The first-order valence-corrected chi connectivity index (χ1v) is 6.73. The van der Waals surface area contributed by atoms with Gasteiger partial charge in [0.2, 0.25) is 5.91 Å². The summed E-state index contributed by atoms with van der Waals surface area (Å²) in [4.78, 5) is 11.1. The average molecular weight is 294 g/mol. The first kappa shape index (κ1) is 16.2. The number of halogens is 2. The number of amides is 1. The minimum absolute atomic E-state index is 0.301. The number of hydrogen-bond donors (Lipinski definition) is 1. The van der Waals surface area contributed by atoms with E-state index in [1.165, 1.54) is 12.1 Å². The van der Waals surface area contributed by atoms with Crippen LogP contribution in [0, 0.1) is 12.7 Å². The van der Waals surface area contributed by atoms with Crippen LogP contribution >= 0.6 is 11.6 Å². The smallest absolute Gasteiger partial charge is 0.248 e. The maximum Gasteiger partial charge on any atom is 0.248 e. The van der Waals surface area contributed by atoms with E-state index in [9.17, 15) is 9.18 Å². The first-order valence-electron chi connectivity index (χ1n) is 6.35. The molecule has 0 saturated heterocycles. The topological polar surface area (TPSA) is 43.1 Å². The number of benzene rings is 2. The highest BCUT2D eigenvalue weighted by Crippen LogP contribution is 2.31. The Bertz CT molecular complexity index is 626. The van der Waals surface area contributed by atoms with E-state index in [1.807, 2.05) is 13.8 Å². The molecule has 4 heteroatoms. The van der Waals surface area contributed by atoms with E-state index < -0.39 is 5.91 Å². The van der Waals surface area contributed by atoms with Gasteiger partial charge in [0.25, 0.3) is 0 Å². The zero-order valence-corrected chi connectivity index (χ0v) is 12.5. The lowest BCUT2D eigenvalue weighted by atomic mass is 10.0. The number of nitrogens with two attached hydrogens (primary N) is 1. The van der Waals surface area contributed by atoms with Crippen LogP contribution in [0.15, 0.2) is 36.4 Å². The van der Waals surface area contributed by atoms with Gasteiger partial charge >= 0.3 is 0 Å². The highest BCUT2D eigenvalue weighted by Gasteiger charge is 2.12. The molecule has 2 N–H and O–H groups in total. The Labute approximate surface area is 123 Å². The van der Waals surface area contributed by atoms with E-state index in [0.717, 1.165) is 0 Å². The predicted molar refractivity (Wildman–Crippen MR) is 81.4 cm³/mol. The second-order valence-corrected chi connectivity index (χ2v) is 4.40. The summed E-state index contributed by atoms with van der Waals surface area (Å²) in [5, 5.41) is 0.379. The van der Waals surface area contributed by atoms with Crippen LogP contribution in [-0.4, -0.2) is 5.91 Å². The summed E-state index contributed by atoms with van der Waals surface area (Å²) < 4.78 is 14.0. The van der Waals surface area contributed by atoms with Crippen LogP contribution in [0.2, 0.25) is 5.02 Å². The molecule has 0 aliphatic rings. The Morgan fingerprint density at radius 3 is 2.40 bits per heavy atom. The summed E-state index contributed by atoms with van der Waals surface area (Å²) in [6, 6.07) is 9.59.